The van der Waals surface area contributed by atoms with Crippen LogP contribution < -0.4 is 9.47 Å². The first-order chi connectivity index (χ1) is 11.8. The van der Waals surface area contributed by atoms with E-state index < -0.39 is 16.6 Å². The van der Waals surface area contributed by atoms with Crippen molar-refractivity contribution in [3.05, 3.63) is 62.2 Å². The highest BCUT2D eigenvalue weighted by molar-refractivity contribution is 6.32. The van der Waals surface area contributed by atoms with Gasteiger partial charge in [0, 0.05) is 11.1 Å². The summed E-state index contributed by atoms with van der Waals surface area (Å²) < 4.78 is 10.9. The molecular weight excluding hydrogens is 350 g/mol. The maximum atomic E-state index is 11.0. The van der Waals surface area contributed by atoms with E-state index in [4.69, 9.17) is 26.2 Å². The Balaban J connectivity index is 2.00. The number of carboxylic acid groups (broad SMARTS) is 1. The van der Waals surface area contributed by atoms with E-state index >= 15 is 0 Å². The Labute approximate surface area is 148 Å². The average molecular weight is 366 g/mol. The number of rotatable bonds is 7. The topological polar surface area (TPSA) is 98.9 Å². The molecule has 2 rings (SSSR count). The van der Waals surface area contributed by atoms with Gasteiger partial charge in [-0.05, 0) is 49.2 Å². The van der Waals surface area contributed by atoms with Crippen LogP contribution in [0.15, 0.2) is 30.3 Å². The van der Waals surface area contributed by atoms with Gasteiger partial charge in [0.2, 0.25) is 0 Å². The number of carboxylic acids is 1. The first kappa shape index (κ1) is 18.5. The number of aryl methyl sites for hydroxylation is 2. The van der Waals surface area contributed by atoms with E-state index in [-0.39, 0.29) is 24.5 Å². The van der Waals surface area contributed by atoms with Crippen molar-refractivity contribution in [2.45, 2.75) is 13.8 Å². The summed E-state index contributed by atoms with van der Waals surface area (Å²) in [5, 5.41) is 20.6. The largest absolute Gasteiger partial charge is 0.490 e. The molecule has 8 heteroatoms. The van der Waals surface area contributed by atoms with Crippen LogP contribution in [0.2, 0.25) is 5.02 Å². The molecule has 2 aromatic carbocycles. The van der Waals surface area contributed by atoms with Gasteiger partial charge < -0.3 is 14.6 Å². The molecule has 132 valence electrons. The summed E-state index contributed by atoms with van der Waals surface area (Å²) in [5.74, 6) is -0.632. The van der Waals surface area contributed by atoms with Gasteiger partial charge in [0.15, 0.2) is 5.75 Å². The highest BCUT2D eigenvalue weighted by atomic mass is 35.5. The molecule has 0 amide bonds. The molecule has 25 heavy (non-hydrogen) atoms. The van der Waals surface area contributed by atoms with Crippen LogP contribution >= 0.6 is 11.6 Å². The lowest BCUT2D eigenvalue weighted by Gasteiger charge is -2.11. The maximum absolute atomic E-state index is 11.0. The fourth-order valence-corrected chi connectivity index (χ4v) is 2.32. The van der Waals surface area contributed by atoms with Gasteiger partial charge in [-0.1, -0.05) is 11.6 Å². The monoisotopic (exact) mass is 365 g/mol. The quantitative estimate of drug-likeness (QED) is 0.452. The van der Waals surface area contributed by atoms with Crippen molar-refractivity contribution in [3.63, 3.8) is 0 Å². The summed E-state index contributed by atoms with van der Waals surface area (Å²) in [4.78, 5) is 21.3. The zero-order chi connectivity index (χ0) is 18.6. The SMILES string of the molecule is Cc1cc(OCCOc2ccc(C(=O)O)cc2[N+](=O)[O-])cc(C)c1Cl. The fraction of sp³-hybridized carbons (Fsp3) is 0.235. The Bertz CT molecular complexity index is 798. The number of aromatic carboxylic acids is 1. The second-order valence-corrected chi connectivity index (χ2v) is 5.69. The molecule has 0 aromatic heterocycles. The van der Waals surface area contributed by atoms with Crippen LogP contribution in [0.25, 0.3) is 0 Å². The third kappa shape index (κ3) is 4.60. The van der Waals surface area contributed by atoms with Gasteiger partial charge >= 0.3 is 11.7 Å². The number of carbonyl (C=O) groups is 1. The molecule has 0 atom stereocenters. The summed E-state index contributed by atoms with van der Waals surface area (Å²) in [6.07, 6.45) is 0. The number of ether oxygens (including phenoxy) is 2. The molecule has 0 spiro atoms. The minimum Gasteiger partial charge on any atom is -0.490 e. The van der Waals surface area contributed by atoms with Crippen molar-refractivity contribution >= 4 is 23.3 Å². The number of hydrogen-bond acceptors (Lipinski definition) is 5. The molecule has 2 aromatic rings. The van der Waals surface area contributed by atoms with E-state index in [0.29, 0.717) is 10.8 Å². The molecule has 7 nitrogen and oxygen atoms in total. The predicted molar refractivity (Wildman–Crippen MR) is 92.0 cm³/mol. The van der Waals surface area contributed by atoms with Crippen molar-refractivity contribution in [1.29, 1.82) is 0 Å². The molecule has 0 aliphatic heterocycles. The number of halogens is 1. The van der Waals surface area contributed by atoms with E-state index in [1.165, 1.54) is 12.1 Å². The van der Waals surface area contributed by atoms with E-state index in [2.05, 4.69) is 0 Å². The first-order valence-electron chi connectivity index (χ1n) is 7.33. The van der Waals surface area contributed by atoms with Crippen LogP contribution in [-0.2, 0) is 0 Å². The lowest BCUT2D eigenvalue weighted by atomic mass is 10.1. The standard InChI is InChI=1S/C17H16ClNO6/c1-10-7-13(8-11(2)16(10)18)24-5-6-25-15-4-3-12(17(20)21)9-14(15)19(22)23/h3-4,7-9H,5-6H2,1-2H3,(H,20,21). The second-order valence-electron chi connectivity index (χ2n) is 5.31. The van der Waals surface area contributed by atoms with Gasteiger partial charge in [0.25, 0.3) is 0 Å². The highest BCUT2D eigenvalue weighted by Crippen LogP contribution is 2.28. The summed E-state index contributed by atoms with van der Waals surface area (Å²) in [5.41, 5.74) is 1.19. The van der Waals surface area contributed by atoms with Gasteiger partial charge in [-0.2, -0.15) is 0 Å². The Kier molecular flexibility index (Phi) is 5.82. The van der Waals surface area contributed by atoms with Gasteiger partial charge in [0.1, 0.15) is 19.0 Å². The second kappa shape index (κ2) is 7.85. The van der Waals surface area contributed by atoms with Gasteiger partial charge in [0.05, 0.1) is 10.5 Å². The molecule has 0 radical (unpaired) electrons. The molecule has 0 aliphatic rings. The Morgan fingerprint density at radius 1 is 1.16 bits per heavy atom. The van der Waals surface area contributed by atoms with E-state index in [1.807, 2.05) is 13.8 Å². The highest BCUT2D eigenvalue weighted by Gasteiger charge is 2.18. The normalized spacial score (nSPS) is 10.4. The van der Waals surface area contributed by atoms with Crippen LogP contribution in [0.1, 0.15) is 21.5 Å². The zero-order valence-corrected chi connectivity index (χ0v) is 14.4. The molecule has 0 fully saturated rings. The van der Waals surface area contributed by atoms with Crippen molar-refractivity contribution in [2.75, 3.05) is 13.2 Å². The minimum atomic E-state index is -1.24. The van der Waals surface area contributed by atoms with Crippen LogP contribution in [-0.4, -0.2) is 29.2 Å². The number of nitrogens with zero attached hydrogens (tertiary/aromatic N) is 1. The van der Waals surface area contributed by atoms with Gasteiger partial charge in [-0.15, -0.1) is 0 Å². The van der Waals surface area contributed by atoms with Crippen LogP contribution in [0.4, 0.5) is 5.69 Å². The van der Waals surface area contributed by atoms with E-state index in [1.54, 1.807) is 12.1 Å². The van der Waals surface area contributed by atoms with Crippen molar-refractivity contribution in [2.24, 2.45) is 0 Å². The van der Waals surface area contributed by atoms with Crippen LogP contribution in [0, 0.1) is 24.0 Å². The maximum Gasteiger partial charge on any atom is 0.335 e. The summed E-state index contributed by atoms with van der Waals surface area (Å²) in [6, 6.07) is 7.05. The number of nitro benzene ring substituents is 1. The zero-order valence-electron chi connectivity index (χ0n) is 13.6. The molecular formula is C17H16ClNO6. The molecule has 0 bridgehead atoms. The number of nitro groups is 1. The molecule has 0 unspecified atom stereocenters. The smallest absolute Gasteiger partial charge is 0.335 e. The van der Waals surface area contributed by atoms with E-state index in [0.717, 1.165) is 17.2 Å². The molecule has 0 aliphatic carbocycles. The molecule has 0 heterocycles. The van der Waals surface area contributed by atoms with Crippen molar-refractivity contribution in [3.8, 4) is 11.5 Å². The summed E-state index contributed by atoms with van der Waals surface area (Å²) in [7, 11) is 0. The fourth-order valence-electron chi connectivity index (χ4n) is 2.22. The predicted octanol–water partition coefficient (Wildman–Crippen LogP) is 4.02. The average Bonchev–Trinajstić information content (AvgIpc) is 2.56. The summed E-state index contributed by atoms with van der Waals surface area (Å²) >= 11 is 6.09. The van der Waals surface area contributed by atoms with Gasteiger partial charge in [-0.3, -0.25) is 10.1 Å². The number of benzene rings is 2. The molecule has 0 saturated heterocycles. The lowest BCUT2D eigenvalue weighted by molar-refractivity contribution is -0.385. The third-order valence-electron chi connectivity index (χ3n) is 3.42. The van der Waals surface area contributed by atoms with Crippen molar-refractivity contribution < 1.29 is 24.3 Å². The van der Waals surface area contributed by atoms with Crippen LogP contribution in [0.5, 0.6) is 11.5 Å². The van der Waals surface area contributed by atoms with Crippen LogP contribution in [0.3, 0.4) is 0 Å². The minimum absolute atomic E-state index is 0.0120. The molecule has 0 saturated carbocycles. The Morgan fingerprint density at radius 3 is 2.32 bits per heavy atom. The summed E-state index contributed by atoms with van der Waals surface area (Å²) in [6.45, 7) is 3.96. The molecule has 1 N–H and O–H groups in total. The lowest BCUT2D eigenvalue weighted by Crippen LogP contribution is -2.10. The van der Waals surface area contributed by atoms with Gasteiger partial charge in [-0.25, -0.2) is 4.79 Å². The van der Waals surface area contributed by atoms with E-state index in [9.17, 15) is 14.9 Å². The van der Waals surface area contributed by atoms with Crippen molar-refractivity contribution in [1.82, 2.24) is 0 Å². The number of hydrogen-bond donors (Lipinski definition) is 1. The third-order valence-corrected chi connectivity index (χ3v) is 4.02. The Hall–Kier alpha value is -2.80. The first-order valence-corrected chi connectivity index (χ1v) is 7.71. The Morgan fingerprint density at radius 2 is 1.76 bits per heavy atom.